The molecule has 0 atom stereocenters. The Kier molecular flexibility index (Phi) is 1.05. The number of nitrogens with zero attached hydrogens (tertiary/aromatic N) is 2. The first-order valence-electron chi connectivity index (χ1n) is 4.02. The Bertz CT molecular complexity index is 567. The molecular weight excluding hydrogens is 164 g/mol. The minimum absolute atomic E-state index is 0.218. The third-order valence-corrected chi connectivity index (χ3v) is 2.20. The number of hydrogen-bond donors (Lipinski definition) is 1. The molecule has 3 nitrogen and oxygen atoms in total. The van der Waals surface area contributed by atoms with Crippen molar-refractivity contribution < 1.29 is 5.11 Å². The average Bonchev–Trinajstić information content (AvgIpc) is 2.65. The van der Waals surface area contributed by atoms with Crippen molar-refractivity contribution in [1.82, 2.24) is 0 Å². The fourth-order valence-electron chi connectivity index (χ4n) is 1.60. The molecule has 13 heavy (non-hydrogen) atoms. The summed E-state index contributed by atoms with van der Waals surface area (Å²) in [5.41, 5.74) is 1.01. The van der Waals surface area contributed by atoms with Crippen molar-refractivity contribution in [3.05, 3.63) is 41.1 Å². The van der Waals surface area contributed by atoms with E-state index >= 15 is 0 Å². The molecular formula is C10H6N2O. The van der Waals surface area contributed by atoms with E-state index in [-0.39, 0.29) is 5.75 Å². The zero-order valence-corrected chi connectivity index (χ0v) is 6.73. The Balaban J connectivity index is 2.59. The Hall–Kier alpha value is -1.90. The first kappa shape index (κ1) is 6.60. The van der Waals surface area contributed by atoms with Crippen LogP contribution in [0.4, 0.5) is 0 Å². The SMILES string of the molecule is Oc1cccc2c1=NC1=NC=CC=21. The summed E-state index contributed by atoms with van der Waals surface area (Å²) in [4.78, 5) is 8.29. The van der Waals surface area contributed by atoms with Gasteiger partial charge in [0.15, 0.2) is 5.84 Å². The highest BCUT2D eigenvalue weighted by molar-refractivity contribution is 6.24. The van der Waals surface area contributed by atoms with Gasteiger partial charge in [-0.25, -0.2) is 9.98 Å². The lowest BCUT2D eigenvalue weighted by Gasteiger charge is -1.88. The number of para-hydroxylation sites is 1. The lowest BCUT2D eigenvalue weighted by Crippen LogP contribution is -2.22. The summed E-state index contributed by atoms with van der Waals surface area (Å²) in [5.74, 6) is 0.923. The zero-order chi connectivity index (χ0) is 8.84. The van der Waals surface area contributed by atoms with Crippen LogP contribution in [-0.2, 0) is 0 Å². The minimum Gasteiger partial charge on any atom is -0.506 e. The molecule has 1 aromatic rings. The molecule has 3 rings (SSSR count). The zero-order valence-electron chi connectivity index (χ0n) is 6.73. The smallest absolute Gasteiger partial charge is 0.160 e. The number of phenolic OH excluding ortho intramolecular Hbond substituents is 1. The lowest BCUT2D eigenvalue weighted by molar-refractivity contribution is 0.468. The number of aliphatic imine (C=N–C) groups is 1. The minimum atomic E-state index is 0.218. The van der Waals surface area contributed by atoms with Gasteiger partial charge in [-0.2, -0.15) is 0 Å². The van der Waals surface area contributed by atoms with Crippen molar-refractivity contribution >= 4 is 11.4 Å². The van der Waals surface area contributed by atoms with E-state index in [1.807, 2.05) is 18.2 Å². The molecule has 0 saturated heterocycles. The van der Waals surface area contributed by atoms with E-state index in [0.717, 1.165) is 10.8 Å². The van der Waals surface area contributed by atoms with E-state index in [4.69, 9.17) is 0 Å². The van der Waals surface area contributed by atoms with Crippen molar-refractivity contribution in [3.63, 3.8) is 0 Å². The van der Waals surface area contributed by atoms with Crippen LogP contribution in [0.3, 0.4) is 0 Å². The highest BCUT2D eigenvalue weighted by Gasteiger charge is 2.15. The van der Waals surface area contributed by atoms with Gasteiger partial charge in [-0.05, 0) is 12.1 Å². The second kappa shape index (κ2) is 2.07. The van der Waals surface area contributed by atoms with Crippen molar-refractivity contribution in [3.8, 4) is 5.75 Å². The van der Waals surface area contributed by atoms with E-state index in [0.29, 0.717) is 11.2 Å². The molecule has 3 heteroatoms. The topological polar surface area (TPSA) is 45.0 Å². The van der Waals surface area contributed by atoms with Crippen LogP contribution >= 0.6 is 0 Å². The van der Waals surface area contributed by atoms with Crippen molar-refractivity contribution in [2.75, 3.05) is 0 Å². The molecule has 2 heterocycles. The fraction of sp³-hybridized carbons (Fsp3) is 0. The highest BCUT2D eigenvalue weighted by atomic mass is 16.3. The molecule has 1 N–H and O–H groups in total. The Labute approximate surface area is 74.1 Å². The summed E-state index contributed by atoms with van der Waals surface area (Å²) < 4.78 is 0. The van der Waals surface area contributed by atoms with Gasteiger partial charge in [-0.15, -0.1) is 0 Å². The number of amidine groups is 1. The monoisotopic (exact) mass is 170 g/mol. The quantitative estimate of drug-likeness (QED) is 0.589. The lowest BCUT2D eigenvalue weighted by atomic mass is 10.2. The molecule has 62 valence electrons. The summed E-state index contributed by atoms with van der Waals surface area (Å²) in [6.07, 6.45) is 3.63. The van der Waals surface area contributed by atoms with Gasteiger partial charge < -0.3 is 5.11 Å². The maximum absolute atomic E-state index is 9.50. The van der Waals surface area contributed by atoms with E-state index in [1.54, 1.807) is 12.3 Å². The third-order valence-electron chi connectivity index (χ3n) is 2.20. The van der Waals surface area contributed by atoms with Crippen LogP contribution in [0.5, 0.6) is 5.75 Å². The van der Waals surface area contributed by atoms with Gasteiger partial charge >= 0.3 is 0 Å². The number of phenols is 1. The van der Waals surface area contributed by atoms with E-state index in [2.05, 4.69) is 9.98 Å². The molecule has 0 fully saturated rings. The largest absolute Gasteiger partial charge is 0.506 e. The van der Waals surface area contributed by atoms with Gasteiger partial charge in [0.05, 0.1) is 0 Å². The molecule has 0 unspecified atom stereocenters. The summed E-state index contributed by atoms with van der Waals surface area (Å²) >= 11 is 0. The normalized spacial score (nSPS) is 16.6. The first-order valence-corrected chi connectivity index (χ1v) is 4.02. The predicted octanol–water partition coefficient (Wildman–Crippen LogP) is 0.102. The van der Waals surface area contributed by atoms with Crippen molar-refractivity contribution in [2.24, 2.45) is 9.98 Å². The van der Waals surface area contributed by atoms with E-state index in [9.17, 15) is 5.11 Å². The summed E-state index contributed by atoms with van der Waals surface area (Å²) in [6.45, 7) is 0. The number of fused-ring (bicyclic) bond motifs is 2. The molecule has 0 aromatic heterocycles. The van der Waals surface area contributed by atoms with Gasteiger partial charge in [0.1, 0.15) is 11.1 Å². The van der Waals surface area contributed by atoms with E-state index in [1.165, 1.54) is 0 Å². The van der Waals surface area contributed by atoms with Crippen LogP contribution < -0.4 is 10.6 Å². The van der Waals surface area contributed by atoms with Crippen molar-refractivity contribution in [1.29, 1.82) is 0 Å². The van der Waals surface area contributed by atoms with Crippen LogP contribution in [0.15, 0.2) is 40.5 Å². The molecule has 2 aliphatic heterocycles. The third kappa shape index (κ3) is 0.731. The van der Waals surface area contributed by atoms with Gasteiger partial charge in [0.2, 0.25) is 0 Å². The molecule has 0 amide bonds. The Morgan fingerprint density at radius 3 is 3.08 bits per heavy atom. The van der Waals surface area contributed by atoms with Crippen LogP contribution in [0.25, 0.3) is 5.57 Å². The van der Waals surface area contributed by atoms with Gasteiger partial charge in [-0.3, -0.25) is 0 Å². The van der Waals surface area contributed by atoms with Gasteiger partial charge in [-0.1, -0.05) is 12.1 Å². The molecule has 0 bridgehead atoms. The molecule has 2 aliphatic rings. The molecule has 0 spiro atoms. The number of benzene rings is 1. The number of hydrogen-bond acceptors (Lipinski definition) is 3. The summed E-state index contributed by atoms with van der Waals surface area (Å²) in [5, 5.41) is 11.1. The second-order valence-corrected chi connectivity index (χ2v) is 2.97. The van der Waals surface area contributed by atoms with Crippen molar-refractivity contribution in [2.45, 2.75) is 0 Å². The molecule has 1 aromatic carbocycles. The number of rotatable bonds is 0. The molecule has 0 aliphatic carbocycles. The first-order chi connectivity index (χ1) is 6.36. The highest BCUT2D eigenvalue weighted by Crippen LogP contribution is 2.12. The summed E-state index contributed by atoms with van der Waals surface area (Å²) in [6, 6.07) is 5.38. The molecule has 0 saturated carbocycles. The fourth-order valence-corrected chi connectivity index (χ4v) is 1.60. The maximum Gasteiger partial charge on any atom is 0.160 e. The molecule has 0 radical (unpaired) electrons. The average molecular weight is 170 g/mol. The Morgan fingerprint density at radius 2 is 2.15 bits per heavy atom. The standard InChI is InChI=1S/C10H6N2O/c13-8-3-1-2-6-7-4-5-11-10(7)12-9(6)8/h1-5,13H. The Morgan fingerprint density at radius 1 is 1.23 bits per heavy atom. The van der Waals surface area contributed by atoms with Gasteiger partial charge in [0.25, 0.3) is 0 Å². The predicted molar refractivity (Wildman–Crippen MR) is 48.9 cm³/mol. The van der Waals surface area contributed by atoms with Crippen LogP contribution in [0.2, 0.25) is 0 Å². The van der Waals surface area contributed by atoms with Crippen LogP contribution in [0.1, 0.15) is 0 Å². The maximum atomic E-state index is 9.50. The van der Waals surface area contributed by atoms with Gasteiger partial charge in [0, 0.05) is 17.0 Å². The van der Waals surface area contributed by atoms with E-state index < -0.39 is 0 Å². The second-order valence-electron chi connectivity index (χ2n) is 2.97. The van der Waals surface area contributed by atoms with Crippen LogP contribution in [-0.4, -0.2) is 10.9 Å². The van der Waals surface area contributed by atoms with Crippen LogP contribution in [0, 0.1) is 0 Å². The number of aromatic hydroxyl groups is 1. The summed E-state index contributed by atoms with van der Waals surface area (Å²) in [7, 11) is 0.